The zero-order valence-corrected chi connectivity index (χ0v) is 20.2. The molecule has 4 rings (SSSR count). The molecule has 4 aromatic rings. The molecule has 0 spiro atoms. The van der Waals surface area contributed by atoms with Crippen LogP contribution in [0.2, 0.25) is 0 Å². The van der Waals surface area contributed by atoms with Gasteiger partial charge in [-0.05, 0) is 48.4 Å². The maximum atomic E-state index is 13.1. The largest absolute Gasteiger partial charge is 0.495 e. The lowest BCUT2D eigenvalue weighted by Gasteiger charge is -2.13. The van der Waals surface area contributed by atoms with Crippen molar-refractivity contribution in [2.24, 2.45) is 0 Å². The van der Waals surface area contributed by atoms with E-state index in [0.29, 0.717) is 22.1 Å². The van der Waals surface area contributed by atoms with Gasteiger partial charge in [0.05, 0.1) is 24.1 Å². The number of aryl methyl sites for hydroxylation is 1. The molecule has 0 aliphatic heterocycles. The number of nitrogens with one attached hydrogen (secondary N) is 2. The molecule has 9 heteroatoms. The average Bonchev–Trinajstić information content (AvgIpc) is 3.19. The number of hydrogen-bond acceptors (Lipinski definition) is 6. The summed E-state index contributed by atoms with van der Waals surface area (Å²) in [6, 6.07) is 23.0. The number of para-hydroxylation sites is 1. The van der Waals surface area contributed by atoms with Gasteiger partial charge < -0.3 is 10.1 Å². The number of rotatable bonds is 8. The van der Waals surface area contributed by atoms with E-state index in [1.54, 1.807) is 42.5 Å². The molecule has 0 saturated heterocycles. The zero-order valence-electron chi connectivity index (χ0n) is 18.6. The van der Waals surface area contributed by atoms with E-state index < -0.39 is 10.0 Å². The Morgan fingerprint density at radius 1 is 1.00 bits per heavy atom. The van der Waals surface area contributed by atoms with Crippen LogP contribution in [-0.4, -0.2) is 26.4 Å². The van der Waals surface area contributed by atoms with E-state index in [0.717, 1.165) is 10.4 Å². The molecule has 0 fully saturated rings. The fraction of sp³-hybridized carbons (Fsp3) is 0.120. The number of sulfonamides is 1. The van der Waals surface area contributed by atoms with Gasteiger partial charge in [-0.25, -0.2) is 13.4 Å². The third kappa shape index (κ3) is 5.44. The molecular formula is C25H23N3O4S2. The molecule has 7 nitrogen and oxygen atoms in total. The third-order valence-corrected chi connectivity index (χ3v) is 7.52. The Hall–Kier alpha value is -3.69. The number of carbonyl (C=O) groups excluding carboxylic acids is 1. The molecule has 2 N–H and O–H groups in total. The maximum Gasteiger partial charge on any atom is 0.265 e. The summed E-state index contributed by atoms with van der Waals surface area (Å²) in [6.07, 6.45) is 0.241. The Kier molecular flexibility index (Phi) is 6.95. The Balaban J connectivity index is 1.60. The first-order chi connectivity index (χ1) is 16.4. The van der Waals surface area contributed by atoms with Crippen LogP contribution in [-0.2, 0) is 21.2 Å². The number of amides is 1. The number of aromatic nitrogens is 1. The normalized spacial score (nSPS) is 11.1. The first-order valence-corrected chi connectivity index (χ1v) is 12.7. The van der Waals surface area contributed by atoms with E-state index in [9.17, 15) is 13.2 Å². The number of nitrogens with zero attached hydrogens (tertiary/aromatic N) is 1. The molecule has 0 aliphatic rings. The standard InChI is InChI=1S/C25H23N3O4S2/c1-17-24(33-25(26-17)27-23(29)15-18-9-5-3-6-10-18)19-13-14-21(32-2)22(16-19)34(30,31)28-20-11-7-4-8-12-20/h3-14,16,28H,15H2,1-2H3,(H,26,27,29). The average molecular weight is 494 g/mol. The Bertz CT molecular complexity index is 1400. The van der Waals surface area contributed by atoms with E-state index in [1.807, 2.05) is 43.3 Å². The monoisotopic (exact) mass is 493 g/mol. The van der Waals surface area contributed by atoms with Crippen LogP contribution in [0, 0.1) is 6.92 Å². The summed E-state index contributed by atoms with van der Waals surface area (Å²) in [5.74, 6) is 0.0577. The van der Waals surface area contributed by atoms with Crippen LogP contribution >= 0.6 is 11.3 Å². The van der Waals surface area contributed by atoms with Crippen LogP contribution in [0.3, 0.4) is 0 Å². The van der Waals surface area contributed by atoms with Gasteiger partial charge in [0.25, 0.3) is 10.0 Å². The molecule has 174 valence electrons. The lowest BCUT2D eigenvalue weighted by atomic mass is 10.1. The predicted molar refractivity (Wildman–Crippen MR) is 135 cm³/mol. The van der Waals surface area contributed by atoms with Crippen molar-refractivity contribution < 1.29 is 17.9 Å². The Morgan fingerprint density at radius 2 is 1.68 bits per heavy atom. The van der Waals surface area contributed by atoms with Gasteiger partial charge in [0.15, 0.2) is 5.13 Å². The van der Waals surface area contributed by atoms with Gasteiger partial charge in [0, 0.05) is 5.69 Å². The molecule has 0 radical (unpaired) electrons. The van der Waals surface area contributed by atoms with Gasteiger partial charge in [0.2, 0.25) is 5.91 Å². The van der Waals surface area contributed by atoms with Crippen molar-refractivity contribution in [3.8, 4) is 16.2 Å². The second kappa shape index (κ2) is 10.1. The van der Waals surface area contributed by atoms with E-state index >= 15 is 0 Å². The molecule has 0 bridgehead atoms. The Labute approximate surface area is 202 Å². The third-order valence-electron chi connectivity index (χ3n) is 4.99. The minimum Gasteiger partial charge on any atom is -0.495 e. The van der Waals surface area contributed by atoms with Crippen molar-refractivity contribution in [1.29, 1.82) is 0 Å². The van der Waals surface area contributed by atoms with Crippen LogP contribution in [0.25, 0.3) is 10.4 Å². The SMILES string of the molecule is COc1ccc(-c2sc(NC(=O)Cc3ccccc3)nc2C)cc1S(=O)(=O)Nc1ccccc1. The minimum atomic E-state index is -3.91. The number of thiazole rings is 1. The van der Waals surface area contributed by atoms with Crippen LogP contribution < -0.4 is 14.8 Å². The highest BCUT2D eigenvalue weighted by molar-refractivity contribution is 7.92. The van der Waals surface area contributed by atoms with Crippen molar-refractivity contribution in [1.82, 2.24) is 4.98 Å². The number of carbonyl (C=O) groups is 1. The summed E-state index contributed by atoms with van der Waals surface area (Å²) in [6.45, 7) is 1.82. The molecule has 0 unspecified atom stereocenters. The molecule has 1 amide bonds. The second-order valence-corrected chi connectivity index (χ2v) is 10.1. The number of hydrogen-bond donors (Lipinski definition) is 2. The topological polar surface area (TPSA) is 97.4 Å². The van der Waals surface area contributed by atoms with E-state index in [4.69, 9.17) is 4.74 Å². The van der Waals surface area contributed by atoms with Gasteiger partial charge in [-0.2, -0.15) is 0 Å². The molecule has 1 aromatic heterocycles. The second-order valence-electron chi connectivity index (χ2n) is 7.48. The number of ether oxygens (including phenoxy) is 1. The summed E-state index contributed by atoms with van der Waals surface area (Å²) < 4.78 is 34.1. The molecule has 0 saturated carbocycles. The summed E-state index contributed by atoms with van der Waals surface area (Å²) in [5.41, 5.74) is 2.70. The predicted octanol–water partition coefficient (Wildman–Crippen LogP) is 5.11. The van der Waals surface area contributed by atoms with Crippen LogP contribution in [0.1, 0.15) is 11.3 Å². The van der Waals surface area contributed by atoms with Crippen molar-refractivity contribution >= 4 is 38.1 Å². The van der Waals surface area contributed by atoms with Crippen LogP contribution in [0.4, 0.5) is 10.8 Å². The highest BCUT2D eigenvalue weighted by Gasteiger charge is 2.22. The van der Waals surface area contributed by atoms with Crippen molar-refractivity contribution in [2.45, 2.75) is 18.2 Å². The highest BCUT2D eigenvalue weighted by atomic mass is 32.2. The van der Waals surface area contributed by atoms with E-state index in [2.05, 4.69) is 15.0 Å². The van der Waals surface area contributed by atoms with E-state index in [-0.39, 0.29) is 23.0 Å². The number of methoxy groups -OCH3 is 1. The summed E-state index contributed by atoms with van der Waals surface area (Å²) in [4.78, 5) is 17.7. The lowest BCUT2D eigenvalue weighted by Crippen LogP contribution is -2.14. The minimum absolute atomic E-state index is 0.0128. The number of benzene rings is 3. The van der Waals surface area contributed by atoms with E-state index in [1.165, 1.54) is 18.4 Å². The fourth-order valence-electron chi connectivity index (χ4n) is 3.41. The van der Waals surface area contributed by atoms with Crippen molar-refractivity contribution in [3.63, 3.8) is 0 Å². The fourth-order valence-corrected chi connectivity index (χ4v) is 5.64. The van der Waals surface area contributed by atoms with Gasteiger partial charge in [0.1, 0.15) is 10.6 Å². The van der Waals surface area contributed by atoms with Gasteiger partial charge in [-0.3, -0.25) is 9.52 Å². The molecule has 1 heterocycles. The van der Waals surface area contributed by atoms with Gasteiger partial charge in [-0.1, -0.05) is 59.9 Å². The van der Waals surface area contributed by atoms with Gasteiger partial charge >= 0.3 is 0 Å². The van der Waals surface area contributed by atoms with Crippen molar-refractivity contribution in [2.75, 3.05) is 17.1 Å². The summed E-state index contributed by atoms with van der Waals surface area (Å²) in [5, 5.41) is 3.29. The Morgan fingerprint density at radius 3 is 2.35 bits per heavy atom. The zero-order chi connectivity index (χ0) is 24.1. The first kappa shape index (κ1) is 23.5. The first-order valence-electron chi connectivity index (χ1n) is 10.4. The lowest BCUT2D eigenvalue weighted by molar-refractivity contribution is -0.115. The quantitative estimate of drug-likeness (QED) is 0.356. The molecule has 0 aliphatic carbocycles. The van der Waals surface area contributed by atoms with Crippen LogP contribution in [0.5, 0.6) is 5.75 Å². The van der Waals surface area contributed by atoms with Crippen LogP contribution in [0.15, 0.2) is 83.8 Å². The maximum absolute atomic E-state index is 13.1. The molecule has 34 heavy (non-hydrogen) atoms. The van der Waals surface area contributed by atoms with Crippen molar-refractivity contribution in [3.05, 3.63) is 90.1 Å². The van der Waals surface area contributed by atoms with Gasteiger partial charge in [-0.15, -0.1) is 0 Å². The smallest absolute Gasteiger partial charge is 0.265 e. The summed E-state index contributed by atoms with van der Waals surface area (Å²) in [7, 11) is -2.48. The molecule has 3 aromatic carbocycles. The summed E-state index contributed by atoms with van der Waals surface area (Å²) >= 11 is 1.29. The molecular weight excluding hydrogens is 470 g/mol. The number of anilines is 2. The highest BCUT2D eigenvalue weighted by Crippen LogP contribution is 2.37. The molecule has 0 atom stereocenters.